The fourth-order valence-electron chi connectivity index (χ4n) is 3.20. The molecular formula is C16H14Br2N2O3S3. The molecule has 5 nitrogen and oxygen atoms in total. The van der Waals surface area contributed by atoms with Gasteiger partial charge >= 0.3 is 5.97 Å². The lowest BCUT2D eigenvalue weighted by Gasteiger charge is -2.46. The minimum Gasteiger partial charge on any atom is -0.467 e. The lowest BCUT2D eigenvalue weighted by molar-refractivity contribution is -0.159. The van der Waals surface area contributed by atoms with E-state index in [0.29, 0.717) is 5.75 Å². The Hall–Kier alpha value is -0.290. The highest BCUT2D eigenvalue weighted by molar-refractivity contribution is 9.26. The monoisotopic (exact) mass is 536 g/mol. The lowest BCUT2D eigenvalue weighted by atomic mass is 9.98. The molecule has 0 radical (unpaired) electrons. The van der Waals surface area contributed by atoms with Gasteiger partial charge in [-0.25, -0.2) is 9.78 Å². The number of aromatic nitrogens is 1. The van der Waals surface area contributed by atoms with Crippen molar-refractivity contribution in [3.63, 3.8) is 0 Å². The van der Waals surface area contributed by atoms with Crippen molar-refractivity contribution >= 4 is 88.8 Å². The van der Waals surface area contributed by atoms with Crippen LogP contribution in [0.3, 0.4) is 0 Å². The Bertz CT molecular complexity index is 873. The number of rotatable bonds is 4. The van der Waals surface area contributed by atoms with Crippen LogP contribution in [-0.4, -0.2) is 54.0 Å². The Balaban J connectivity index is 1.58. The first-order valence-corrected chi connectivity index (χ1v) is 12.0. The number of ether oxygens (including phenoxy) is 1. The Morgan fingerprint density at radius 2 is 2.15 bits per heavy atom. The number of methoxy groups -OCH3 is 1. The molecule has 3 atom stereocenters. The Morgan fingerprint density at radius 3 is 2.85 bits per heavy atom. The zero-order chi connectivity index (χ0) is 18.7. The second kappa shape index (κ2) is 6.65. The van der Waals surface area contributed by atoms with Gasteiger partial charge in [0.2, 0.25) is 0 Å². The van der Waals surface area contributed by atoms with Gasteiger partial charge in [-0.15, -0.1) is 23.1 Å². The van der Waals surface area contributed by atoms with Crippen molar-refractivity contribution < 1.29 is 14.3 Å². The van der Waals surface area contributed by atoms with Crippen LogP contribution >= 0.6 is 66.7 Å². The highest BCUT2D eigenvalue weighted by atomic mass is 79.9. The van der Waals surface area contributed by atoms with E-state index in [2.05, 4.69) is 42.9 Å². The molecule has 0 aliphatic carbocycles. The van der Waals surface area contributed by atoms with Gasteiger partial charge in [-0.2, -0.15) is 0 Å². The fraction of sp³-hybridized carbons (Fsp3) is 0.438. The summed E-state index contributed by atoms with van der Waals surface area (Å²) in [7, 11) is 1.36. The van der Waals surface area contributed by atoms with Crippen molar-refractivity contribution in [1.82, 2.24) is 9.88 Å². The number of nitrogens with zero attached hydrogens (tertiary/aromatic N) is 2. The summed E-state index contributed by atoms with van der Waals surface area (Å²) in [5.74, 6) is 0.128. The number of β-lactam (4-membered cyclic amide) rings is 1. The summed E-state index contributed by atoms with van der Waals surface area (Å²) in [4.78, 5) is 31.2. The average Bonchev–Trinajstić information content (AvgIpc) is 3.17. The van der Waals surface area contributed by atoms with Crippen molar-refractivity contribution in [3.05, 3.63) is 24.3 Å². The number of hydrogen-bond acceptors (Lipinski definition) is 7. The highest BCUT2D eigenvalue weighted by Crippen LogP contribution is 2.61. The van der Waals surface area contributed by atoms with E-state index in [0.717, 1.165) is 14.6 Å². The van der Waals surface area contributed by atoms with Gasteiger partial charge in [0.05, 0.1) is 22.1 Å². The second-order valence-corrected chi connectivity index (χ2v) is 13.7. The molecule has 26 heavy (non-hydrogen) atoms. The summed E-state index contributed by atoms with van der Waals surface area (Å²) in [6.45, 7) is 2.02. The molecule has 0 spiro atoms. The van der Waals surface area contributed by atoms with Gasteiger partial charge in [-0.1, -0.05) is 55.8 Å². The molecule has 1 amide bonds. The molecule has 1 aromatic carbocycles. The third kappa shape index (κ3) is 2.83. The number of fused-ring (bicyclic) bond motifs is 2. The van der Waals surface area contributed by atoms with Crippen LogP contribution in [0.25, 0.3) is 10.2 Å². The zero-order valence-corrected chi connectivity index (χ0v) is 19.4. The fourth-order valence-corrected chi connectivity index (χ4v) is 8.59. The quantitative estimate of drug-likeness (QED) is 0.253. The maximum Gasteiger partial charge on any atom is 0.330 e. The van der Waals surface area contributed by atoms with Gasteiger partial charge in [0.15, 0.2) is 7.57 Å². The van der Waals surface area contributed by atoms with Crippen molar-refractivity contribution in [2.45, 2.75) is 30.7 Å². The van der Waals surface area contributed by atoms with Gasteiger partial charge in [0.25, 0.3) is 5.91 Å². The minimum atomic E-state index is -0.810. The third-order valence-corrected chi connectivity index (χ3v) is 11.1. The van der Waals surface area contributed by atoms with Crippen LogP contribution < -0.4 is 0 Å². The second-order valence-electron chi connectivity index (χ2n) is 6.28. The summed E-state index contributed by atoms with van der Waals surface area (Å²) in [5, 5.41) is -0.153. The number of thiazole rings is 1. The Kier molecular flexibility index (Phi) is 4.87. The molecule has 0 unspecified atom stereocenters. The number of carbonyl (C=O) groups excluding carboxylic acids is 2. The van der Waals surface area contributed by atoms with Crippen LogP contribution in [0.5, 0.6) is 0 Å². The van der Waals surface area contributed by atoms with Crippen molar-refractivity contribution in [3.8, 4) is 0 Å². The van der Waals surface area contributed by atoms with Gasteiger partial charge in [0.1, 0.15) is 11.4 Å². The maximum atomic E-state index is 12.5. The predicted octanol–water partition coefficient (Wildman–Crippen LogP) is 4.09. The molecule has 10 heteroatoms. The van der Waals surface area contributed by atoms with Crippen LogP contribution in [0.1, 0.15) is 6.92 Å². The molecule has 2 aliphatic rings. The summed E-state index contributed by atoms with van der Waals surface area (Å²) in [6, 6.07) is 7.40. The molecule has 0 bridgehead atoms. The van der Waals surface area contributed by atoms with Crippen LogP contribution in [0, 0.1) is 0 Å². The summed E-state index contributed by atoms with van der Waals surface area (Å²) >= 11 is 11.8. The van der Waals surface area contributed by atoms with E-state index >= 15 is 0 Å². The minimum absolute atomic E-state index is 0.140. The van der Waals surface area contributed by atoms with Crippen molar-refractivity contribution in [1.29, 1.82) is 0 Å². The highest BCUT2D eigenvalue weighted by Gasteiger charge is 2.71. The van der Waals surface area contributed by atoms with E-state index in [1.165, 1.54) is 7.11 Å². The molecule has 0 saturated carbocycles. The predicted molar refractivity (Wildman–Crippen MR) is 113 cm³/mol. The first-order chi connectivity index (χ1) is 12.3. The van der Waals surface area contributed by atoms with Crippen molar-refractivity contribution in [2.24, 2.45) is 0 Å². The van der Waals surface area contributed by atoms with E-state index in [1.807, 2.05) is 25.1 Å². The topological polar surface area (TPSA) is 59.5 Å². The van der Waals surface area contributed by atoms with Crippen LogP contribution in [0.4, 0.5) is 0 Å². The molecule has 4 rings (SSSR count). The number of benzene rings is 1. The van der Waals surface area contributed by atoms with Crippen LogP contribution in [0.15, 0.2) is 28.6 Å². The Labute approximate surface area is 179 Å². The molecule has 2 saturated heterocycles. The zero-order valence-electron chi connectivity index (χ0n) is 13.8. The SMILES string of the molecule is COC(=O)[C@@H]1N2C(=O)C(Br)(Br)[C@H]2S[C@@]1(C)CSc1nc2ccccc2s1. The summed E-state index contributed by atoms with van der Waals surface area (Å²) in [6.07, 6.45) is 0. The summed E-state index contributed by atoms with van der Waals surface area (Å²) < 4.78 is 5.82. The van der Waals surface area contributed by atoms with Crippen LogP contribution in [0.2, 0.25) is 0 Å². The van der Waals surface area contributed by atoms with Gasteiger partial charge in [-0.05, 0) is 19.1 Å². The molecular weight excluding hydrogens is 524 g/mol. The van der Waals surface area contributed by atoms with Gasteiger partial charge < -0.3 is 9.64 Å². The first kappa shape index (κ1) is 19.0. The summed E-state index contributed by atoms with van der Waals surface area (Å²) in [5.41, 5.74) is 0.979. The van der Waals surface area contributed by atoms with Crippen molar-refractivity contribution in [2.75, 3.05) is 12.9 Å². The molecule has 2 aromatic rings. The van der Waals surface area contributed by atoms with E-state index in [1.54, 1.807) is 39.8 Å². The van der Waals surface area contributed by atoms with Gasteiger partial charge in [0, 0.05) is 5.75 Å². The first-order valence-electron chi connectivity index (χ1n) is 7.72. The lowest BCUT2D eigenvalue weighted by Crippen LogP contribution is -2.68. The molecule has 2 fully saturated rings. The number of para-hydroxylation sites is 1. The molecule has 3 heterocycles. The number of amides is 1. The molecule has 2 aliphatic heterocycles. The van der Waals surface area contributed by atoms with E-state index in [9.17, 15) is 9.59 Å². The van der Waals surface area contributed by atoms with Crippen LogP contribution in [-0.2, 0) is 14.3 Å². The van der Waals surface area contributed by atoms with E-state index < -0.39 is 14.0 Å². The van der Waals surface area contributed by atoms with E-state index in [4.69, 9.17) is 4.74 Å². The number of hydrogen-bond donors (Lipinski definition) is 0. The van der Waals surface area contributed by atoms with Gasteiger partial charge in [-0.3, -0.25) is 4.79 Å². The number of thioether (sulfide) groups is 2. The number of halogens is 2. The number of esters is 1. The number of carbonyl (C=O) groups is 2. The molecule has 0 N–H and O–H groups in total. The average molecular weight is 538 g/mol. The normalized spacial score (nSPS) is 29.5. The van der Waals surface area contributed by atoms with E-state index in [-0.39, 0.29) is 17.3 Å². The largest absolute Gasteiger partial charge is 0.467 e. The standard InChI is InChI=1S/C16H14Br2N2O3S3/c1-15(7-24-14-19-8-5-3-4-6-9(8)25-14)10(11(21)23-2)20-12(22)16(17,18)13(20)26-15/h3-6,10,13H,7H2,1-2H3/t10-,13+,15-/m0/s1. The third-order valence-electron chi connectivity index (χ3n) is 4.50. The number of alkyl halides is 2. The Morgan fingerprint density at radius 1 is 1.42 bits per heavy atom. The smallest absolute Gasteiger partial charge is 0.330 e. The molecule has 1 aromatic heterocycles. The maximum absolute atomic E-state index is 12.5. The molecule has 138 valence electrons.